The van der Waals surface area contributed by atoms with Gasteiger partial charge in [-0.25, -0.2) is 0 Å². The number of hydrogen-bond acceptors (Lipinski definition) is 8. The van der Waals surface area contributed by atoms with E-state index in [4.69, 9.17) is 18.9 Å². The van der Waals surface area contributed by atoms with Crippen LogP contribution in [-0.2, 0) is 18.9 Å². The van der Waals surface area contributed by atoms with Crippen LogP contribution in [0.1, 0.15) is 92.9 Å². The number of hydrogen-bond donors (Lipinski definition) is 2. The molecular formula is C30H54N2O6. The number of ether oxygens (including phenoxy) is 4. The standard InChI is InChI=1S/2C15H27NO3/c2*1-4-5-6-10-7-8-16-9-11-14(12(16)13(10)17)19-15(2,3)18-11/h2*10-14,17H,4-9H2,1-3H3/t10-,11+,12+,13+,14+;10-,11+,12-,13-,14+/m00/s1. The summed E-state index contributed by atoms with van der Waals surface area (Å²) in [6, 6.07) is 0.282. The molecule has 0 aromatic carbocycles. The van der Waals surface area contributed by atoms with Crippen LogP contribution in [-0.4, -0.2) is 106 Å². The molecule has 0 spiro atoms. The Morgan fingerprint density at radius 1 is 0.658 bits per heavy atom. The maximum Gasteiger partial charge on any atom is 0.163 e. The van der Waals surface area contributed by atoms with E-state index in [1.807, 2.05) is 27.7 Å². The van der Waals surface area contributed by atoms with Crippen molar-refractivity contribution in [3.63, 3.8) is 0 Å². The van der Waals surface area contributed by atoms with E-state index in [0.717, 1.165) is 51.9 Å². The zero-order valence-electron chi connectivity index (χ0n) is 24.7. The highest BCUT2D eigenvalue weighted by atomic mass is 16.8. The Morgan fingerprint density at radius 3 is 1.42 bits per heavy atom. The molecule has 6 aliphatic heterocycles. The molecule has 10 atom stereocenters. The number of piperidine rings is 2. The SMILES string of the molecule is CCCC[C@H]1CCN2C[C@H]3OC(C)(C)O[C@H]3[C@@H]2[C@H]1O.CCCC[C@H]1CCN2C[C@H]3OC(C)(C)O[C@H]3[C@H]2[C@@H]1O. The molecule has 6 aliphatic rings. The lowest BCUT2D eigenvalue weighted by Crippen LogP contribution is -2.53. The van der Waals surface area contributed by atoms with E-state index < -0.39 is 11.6 Å². The summed E-state index contributed by atoms with van der Waals surface area (Å²) in [5.41, 5.74) is 0. The van der Waals surface area contributed by atoms with Crippen LogP contribution in [0.15, 0.2) is 0 Å². The van der Waals surface area contributed by atoms with E-state index in [1.54, 1.807) is 0 Å². The topological polar surface area (TPSA) is 83.9 Å². The Morgan fingerprint density at radius 2 is 1.05 bits per heavy atom. The van der Waals surface area contributed by atoms with Gasteiger partial charge in [0.25, 0.3) is 0 Å². The Kier molecular flexibility index (Phi) is 8.84. The Labute approximate surface area is 230 Å². The average molecular weight is 539 g/mol. The van der Waals surface area contributed by atoms with Gasteiger partial charge >= 0.3 is 0 Å². The van der Waals surface area contributed by atoms with Gasteiger partial charge in [-0.05, 0) is 78.3 Å². The molecular weight excluding hydrogens is 484 g/mol. The van der Waals surface area contributed by atoms with Crippen LogP contribution < -0.4 is 0 Å². The zero-order chi connectivity index (χ0) is 27.2. The Hall–Kier alpha value is -0.320. The third-order valence-corrected chi connectivity index (χ3v) is 9.89. The predicted molar refractivity (Wildman–Crippen MR) is 146 cm³/mol. The highest BCUT2D eigenvalue weighted by Crippen LogP contribution is 2.43. The van der Waals surface area contributed by atoms with Crippen molar-refractivity contribution in [2.45, 2.75) is 153 Å². The fourth-order valence-electron chi connectivity index (χ4n) is 8.14. The summed E-state index contributed by atoms with van der Waals surface area (Å²) in [6.45, 7) is 16.3. The van der Waals surface area contributed by atoms with Gasteiger partial charge in [0.15, 0.2) is 11.6 Å². The molecule has 0 amide bonds. The van der Waals surface area contributed by atoms with Crippen LogP contribution in [0.4, 0.5) is 0 Å². The quantitative estimate of drug-likeness (QED) is 0.532. The summed E-state index contributed by atoms with van der Waals surface area (Å²) in [7, 11) is 0. The van der Waals surface area contributed by atoms with Crippen LogP contribution in [0.25, 0.3) is 0 Å². The van der Waals surface area contributed by atoms with Crippen LogP contribution in [0.3, 0.4) is 0 Å². The summed E-state index contributed by atoms with van der Waals surface area (Å²) in [5.74, 6) is -0.103. The molecule has 6 heterocycles. The van der Waals surface area contributed by atoms with Gasteiger partial charge in [-0.15, -0.1) is 0 Å². The van der Waals surface area contributed by atoms with Gasteiger partial charge in [0, 0.05) is 13.1 Å². The minimum Gasteiger partial charge on any atom is -0.391 e. The average Bonchev–Trinajstić information content (AvgIpc) is 3.53. The summed E-state index contributed by atoms with van der Waals surface area (Å²) < 4.78 is 24.0. The molecule has 38 heavy (non-hydrogen) atoms. The number of fused-ring (bicyclic) bond motifs is 6. The minimum absolute atomic E-state index is 0.0504. The van der Waals surface area contributed by atoms with Gasteiger partial charge in [-0.2, -0.15) is 0 Å². The molecule has 0 bridgehead atoms. The number of unbranched alkanes of at least 4 members (excludes halogenated alkanes) is 2. The third kappa shape index (κ3) is 5.85. The van der Waals surface area contributed by atoms with Crippen LogP contribution in [0.5, 0.6) is 0 Å². The van der Waals surface area contributed by atoms with E-state index in [0.29, 0.717) is 11.8 Å². The second-order valence-electron chi connectivity index (χ2n) is 13.6. The molecule has 0 radical (unpaired) electrons. The second-order valence-corrected chi connectivity index (χ2v) is 13.6. The molecule has 6 fully saturated rings. The van der Waals surface area contributed by atoms with E-state index in [-0.39, 0.29) is 48.7 Å². The van der Waals surface area contributed by atoms with Gasteiger partial charge in [-0.1, -0.05) is 39.5 Å². The maximum atomic E-state index is 10.7. The number of nitrogens with zero attached hydrogens (tertiary/aromatic N) is 2. The highest BCUT2D eigenvalue weighted by Gasteiger charge is 2.58. The Balaban J connectivity index is 0.000000155. The predicted octanol–water partition coefficient (Wildman–Crippen LogP) is 3.52. The number of aliphatic hydroxyl groups excluding tert-OH is 2. The van der Waals surface area contributed by atoms with E-state index in [1.165, 1.54) is 25.7 Å². The van der Waals surface area contributed by atoms with E-state index in [9.17, 15) is 10.2 Å². The lowest BCUT2D eigenvalue weighted by molar-refractivity contribution is -0.174. The fourth-order valence-corrected chi connectivity index (χ4v) is 8.14. The third-order valence-electron chi connectivity index (χ3n) is 9.89. The van der Waals surface area contributed by atoms with Crippen molar-refractivity contribution >= 4 is 0 Å². The molecule has 220 valence electrons. The summed E-state index contributed by atoms with van der Waals surface area (Å²) in [6.07, 6.45) is 9.21. The fraction of sp³-hybridized carbons (Fsp3) is 1.00. The van der Waals surface area contributed by atoms with Crippen molar-refractivity contribution in [2.75, 3.05) is 26.2 Å². The highest BCUT2D eigenvalue weighted by molar-refractivity contribution is 5.07. The van der Waals surface area contributed by atoms with Gasteiger partial charge in [0.2, 0.25) is 0 Å². The first-order chi connectivity index (χ1) is 18.0. The van der Waals surface area contributed by atoms with Gasteiger partial charge in [0.05, 0.1) is 24.3 Å². The molecule has 6 rings (SSSR count). The lowest BCUT2D eigenvalue weighted by atomic mass is 9.83. The van der Waals surface area contributed by atoms with E-state index in [2.05, 4.69) is 23.6 Å². The first-order valence-electron chi connectivity index (χ1n) is 15.6. The summed E-state index contributed by atoms with van der Waals surface area (Å²) in [5, 5.41) is 21.4. The molecule has 8 nitrogen and oxygen atoms in total. The molecule has 6 saturated heterocycles. The molecule has 0 aromatic heterocycles. The van der Waals surface area contributed by atoms with Crippen LogP contribution >= 0.6 is 0 Å². The largest absolute Gasteiger partial charge is 0.391 e. The minimum atomic E-state index is -0.489. The van der Waals surface area contributed by atoms with Gasteiger partial charge < -0.3 is 29.2 Å². The molecule has 0 aliphatic carbocycles. The lowest BCUT2D eigenvalue weighted by Gasteiger charge is -2.41. The molecule has 0 aromatic rings. The zero-order valence-corrected chi connectivity index (χ0v) is 24.7. The monoisotopic (exact) mass is 538 g/mol. The Bertz CT molecular complexity index is 731. The molecule has 0 saturated carbocycles. The van der Waals surface area contributed by atoms with Crippen molar-refractivity contribution < 1.29 is 29.2 Å². The second kappa shape index (κ2) is 11.5. The maximum absolute atomic E-state index is 10.7. The first kappa shape index (κ1) is 29.2. The molecule has 8 heteroatoms. The first-order valence-corrected chi connectivity index (χ1v) is 15.6. The normalized spacial score (nSPS) is 45.2. The molecule has 2 N–H and O–H groups in total. The van der Waals surface area contributed by atoms with Crippen molar-refractivity contribution in [2.24, 2.45) is 11.8 Å². The van der Waals surface area contributed by atoms with Crippen molar-refractivity contribution in [1.82, 2.24) is 9.80 Å². The van der Waals surface area contributed by atoms with Crippen molar-refractivity contribution in [3.05, 3.63) is 0 Å². The molecule has 0 unspecified atom stereocenters. The van der Waals surface area contributed by atoms with Crippen molar-refractivity contribution in [3.8, 4) is 0 Å². The van der Waals surface area contributed by atoms with Gasteiger partial charge in [0.1, 0.15) is 24.4 Å². The summed E-state index contributed by atoms with van der Waals surface area (Å²) in [4.78, 5) is 4.75. The summed E-state index contributed by atoms with van der Waals surface area (Å²) >= 11 is 0. The number of aliphatic hydroxyl groups is 2. The van der Waals surface area contributed by atoms with E-state index >= 15 is 0 Å². The van der Waals surface area contributed by atoms with Crippen LogP contribution in [0, 0.1) is 11.8 Å². The van der Waals surface area contributed by atoms with Gasteiger partial charge in [-0.3, -0.25) is 9.80 Å². The number of rotatable bonds is 6. The van der Waals surface area contributed by atoms with Crippen molar-refractivity contribution in [1.29, 1.82) is 0 Å². The van der Waals surface area contributed by atoms with Crippen LogP contribution in [0.2, 0.25) is 0 Å². The smallest absolute Gasteiger partial charge is 0.163 e.